The molecule has 0 aliphatic heterocycles. The molecule has 4 nitrogen and oxygen atoms in total. The molecule has 0 heterocycles. The number of sulfonamides is 1. The molecule has 0 aromatic heterocycles. The summed E-state index contributed by atoms with van der Waals surface area (Å²) in [6, 6.07) is 1.87. The Hall–Kier alpha value is -0.210. The van der Waals surface area contributed by atoms with Crippen LogP contribution < -0.4 is 10.5 Å². The molecule has 2 rings (SSSR count). The number of hydrogen-bond donors (Lipinski definition) is 2. The van der Waals surface area contributed by atoms with Gasteiger partial charge in [0.25, 0.3) is 0 Å². The van der Waals surface area contributed by atoms with E-state index in [1.54, 1.807) is 0 Å². The van der Waals surface area contributed by atoms with E-state index >= 15 is 0 Å². The van der Waals surface area contributed by atoms with Gasteiger partial charge in [0.2, 0.25) is 10.0 Å². The van der Waals surface area contributed by atoms with Crippen molar-refractivity contribution in [2.45, 2.75) is 23.8 Å². The molecule has 0 spiro atoms. The summed E-state index contributed by atoms with van der Waals surface area (Å²) in [6.07, 6.45) is 2.03. The molecule has 0 radical (unpaired) electrons. The fraction of sp³-hybridized carbons (Fsp3) is 0.455. The summed E-state index contributed by atoms with van der Waals surface area (Å²) in [7, 11) is -3.94. The van der Waals surface area contributed by atoms with E-state index in [-0.39, 0.29) is 17.6 Å². The second-order valence-corrected chi connectivity index (χ2v) is 7.55. The van der Waals surface area contributed by atoms with E-state index < -0.39 is 20.7 Å². The molecule has 106 valence electrons. The first-order valence-electron chi connectivity index (χ1n) is 5.71. The Labute approximate surface area is 124 Å². The third kappa shape index (κ3) is 3.66. The second-order valence-electron chi connectivity index (χ2n) is 4.55. The topological polar surface area (TPSA) is 72.2 Å². The molecular weight excluding hydrogens is 359 g/mol. The summed E-state index contributed by atoms with van der Waals surface area (Å²) >= 11 is 8.81. The van der Waals surface area contributed by atoms with Crippen molar-refractivity contribution in [3.8, 4) is 0 Å². The molecule has 0 amide bonds. The molecule has 1 atom stereocenters. The number of benzene rings is 1. The number of hydrogen-bond acceptors (Lipinski definition) is 3. The van der Waals surface area contributed by atoms with E-state index in [9.17, 15) is 12.8 Å². The number of nitrogens with two attached hydrogens (primary N) is 1. The highest BCUT2D eigenvalue weighted by Crippen LogP contribution is 2.31. The predicted octanol–water partition coefficient (Wildman–Crippen LogP) is 2.26. The molecule has 0 bridgehead atoms. The van der Waals surface area contributed by atoms with Crippen LogP contribution in [0.1, 0.15) is 12.8 Å². The van der Waals surface area contributed by atoms with Crippen molar-refractivity contribution >= 4 is 37.6 Å². The van der Waals surface area contributed by atoms with Gasteiger partial charge in [0.15, 0.2) is 0 Å². The number of nitrogens with one attached hydrogen (secondary N) is 1. The van der Waals surface area contributed by atoms with Crippen molar-refractivity contribution in [3.05, 3.63) is 27.4 Å². The lowest BCUT2D eigenvalue weighted by atomic mass is 10.2. The van der Waals surface area contributed by atoms with Gasteiger partial charge in [-0.25, -0.2) is 17.5 Å². The van der Waals surface area contributed by atoms with Gasteiger partial charge in [0, 0.05) is 17.1 Å². The third-order valence-corrected chi connectivity index (χ3v) is 5.64. The fourth-order valence-electron chi connectivity index (χ4n) is 1.68. The normalized spacial score (nSPS) is 17.5. The SMILES string of the molecule is NC(CNS(=O)(=O)c1cc(Cl)c(Br)cc1F)C1CC1. The van der Waals surface area contributed by atoms with Crippen LogP contribution in [0.3, 0.4) is 0 Å². The molecule has 8 heteroatoms. The van der Waals surface area contributed by atoms with Gasteiger partial charge in [-0.2, -0.15) is 0 Å². The first kappa shape index (κ1) is 15.2. The van der Waals surface area contributed by atoms with E-state index in [0.29, 0.717) is 10.4 Å². The van der Waals surface area contributed by atoms with E-state index in [1.807, 2.05) is 0 Å². The molecule has 1 unspecified atom stereocenters. The lowest BCUT2D eigenvalue weighted by molar-refractivity contribution is 0.536. The molecule has 1 aromatic rings. The Balaban J connectivity index is 2.16. The Morgan fingerprint density at radius 2 is 2.16 bits per heavy atom. The number of halogens is 3. The first-order chi connectivity index (χ1) is 8.81. The maximum absolute atomic E-state index is 13.7. The van der Waals surface area contributed by atoms with Gasteiger partial charge < -0.3 is 5.73 Å². The van der Waals surface area contributed by atoms with Gasteiger partial charge in [-0.1, -0.05) is 11.6 Å². The van der Waals surface area contributed by atoms with Crippen LogP contribution in [0.15, 0.2) is 21.5 Å². The zero-order valence-corrected chi connectivity index (χ0v) is 13.0. The van der Waals surface area contributed by atoms with Crippen LogP contribution in [0.25, 0.3) is 0 Å². The Bertz CT molecular complexity index is 593. The lowest BCUT2D eigenvalue weighted by Crippen LogP contribution is -2.38. The van der Waals surface area contributed by atoms with Gasteiger partial charge in [0.1, 0.15) is 10.7 Å². The molecule has 0 saturated heterocycles. The summed E-state index contributed by atoms with van der Waals surface area (Å²) in [4.78, 5) is -0.469. The average molecular weight is 372 g/mol. The van der Waals surface area contributed by atoms with Crippen LogP contribution in [0, 0.1) is 11.7 Å². The molecule has 1 aliphatic rings. The van der Waals surface area contributed by atoms with Crippen LogP contribution in [-0.4, -0.2) is 21.0 Å². The zero-order chi connectivity index (χ0) is 14.2. The second kappa shape index (κ2) is 5.65. The quantitative estimate of drug-likeness (QED) is 0.780. The highest BCUT2D eigenvalue weighted by molar-refractivity contribution is 9.10. The van der Waals surface area contributed by atoms with Crippen molar-refractivity contribution in [3.63, 3.8) is 0 Å². The maximum Gasteiger partial charge on any atom is 0.243 e. The monoisotopic (exact) mass is 370 g/mol. The molecule has 1 saturated carbocycles. The van der Waals surface area contributed by atoms with Crippen LogP contribution in [0.5, 0.6) is 0 Å². The van der Waals surface area contributed by atoms with E-state index in [0.717, 1.165) is 25.0 Å². The largest absolute Gasteiger partial charge is 0.326 e. The summed E-state index contributed by atoms with van der Waals surface area (Å²) in [5.74, 6) is -0.496. The summed E-state index contributed by atoms with van der Waals surface area (Å²) in [5, 5.41) is 0.133. The standard InChI is InChI=1S/C11H13BrClFN2O2S/c12-7-3-9(14)11(4-8(7)13)19(17,18)16-5-10(15)6-1-2-6/h3-4,6,10,16H,1-2,5,15H2. The van der Waals surface area contributed by atoms with Crippen molar-refractivity contribution < 1.29 is 12.8 Å². The van der Waals surface area contributed by atoms with Crippen molar-refractivity contribution in [2.24, 2.45) is 11.7 Å². The first-order valence-corrected chi connectivity index (χ1v) is 8.36. The van der Waals surface area contributed by atoms with Crippen LogP contribution in [-0.2, 0) is 10.0 Å². The summed E-state index contributed by atoms with van der Waals surface area (Å²) in [6.45, 7) is 0.0973. The smallest absolute Gasteiger partial charge is 0.243 e. The van der Waals surface area contributed by atoms with Crippen molar-refractivity contribution in [2.75, 3.05) is 6.54 Å². The third-order valence-electron chi connectivity index (χ3n) is 3.00. The minimum atomic E-state index is -3.94. The van der Waals surface area contributed by atoms with Crippen LogP contribution >= 0.6 is 27.5 Å². The Kier molecular flexibility index (Phi) is 4.52. The van der Waals surface area contributed by atoms with E-state index in [2.05, 4.69) is 20.7 Å². The molecule has 1 fully saturated rings. The molecule has 19 heavy (non-hydrogen) atoms. The van der Waals surface area contributed by atoms with Crippen molar-refractivity contribution in [1.82, 2.24) is 4.72 Å². The summed E-state index contributed by atoms with van der Waals surface area (Å²) in [5.41, 5.74) is 5.80. The summed E-state index contributed by atoms with van der Waals surface area (Å²) < 4.78 is 40.3. The van der Waals surface area contributed by atoms with Crippen LogP contribution in [0.4, 0.5) is 4.39 Å². The van der Waals surface area contributed by atoms with Crippen LogP contribution in [0.2, 0.25) is 5.02 Å². The Morgan fingerprint density at radius 3 is 2.74 bits per heavy atom. The van der Waals surface area contributed by atoms with Gasteiger partial charge >= 0.3 is 0 Å². The van der Waals surface area contributed by atoms with Gasteiger partial charge in [-0.15, -0.1) is 0 Å². The maximum atomic E-state index is 13.7. The average Bonchev–Trinajstić information content (AvgIpc) is 3.14. The molecule has 1 aliphatic carbocycles. The van der Waals surface area contributed by atoms with Gasteiger partial charge in [-0.3, -0.25) is 0 Å². The minimum Gasteiger partial charge on any atom is -0.326 e. The highest BCUT2D eigenvalue weighted by Gasteiger charge is 2.30. The zero-order valence-electron chi connectivity index (χ0n) is 9.87. The minimum absolute atomic E-state index is 0.0973. The lowest BCUT2D eigenvalue weighted by Gasteiger charge is -2.13. The molecule has 1 aromatic carbocycles. The predicted molar refractivity (Wildman–Crippen MR) is 75.0 cm³/mol. The molecular formula is C11H13BrClFN2O2S. The van der Waals surface area contributed by atoms with E-state index in [4.69, 9.17) is 17.3 Å². The fourth-order valence-corrected chi connectivity index (χ4v) is 3.38. The highest BCUT2D eigenvalue weighted by atomic mass is 79.9. The van der Waals surface area contributed by atoms with Gasteiger partial charge in [-0.05, 0) is 46.8 Å². The molecule has 3 N–H and O–H groups in total. The Morgan fingerprint density at radius 1 is 1.53 bits per heavy atom. The van der Waals surface area contributed by atoms with Gasteiger partial charge in [0.05, 0.1) is 5.02 Å². The van der Waals surface area contributed by atoms with E-state index in [1.165, 1.54) is 0 Å². The number of rotatable bonds is 5. The van der Waals surface area contributed by atoms with Crippen molar-refractivity contribution in [1.29, 1.82) is 0 Å².